The van der Waals surface area contributed by atoms with Gasteiger partial charge in [-0.25, -0.2) is 4.99 Å². The molecule has 0 saturated heterocycles. The summed E-state index contributed by atoms with van der Waals surface area (Å²) in [7, 11) is 0. The van der Waals surface area contributed by atoms with Crippen LogP contribution in [0.4, 0.5) is 5.69 Å². The number of amides is 1. The number of benzene rings is 1. The van der Waals surface area contributed by atoms with E-state index in [0.29, 0.717) is 6.54 Å². The number of nitrogens with zero attached hydrogens (tertiary/aromatic N) is 2. The summed E-state index contributed by atoms with van der Waals surface area (Å²) in [5, 5.41) is 5.14. The fourth-order valence-electron chi connectivity index (χ4n) is 2.95. The smallest absolute Gasteiger partial charge is 0.244 e. The molecule has 2 heterocycles. The zero-order valence-electron chi connectivity index (χ0n) is 14.4. The van der Waals surface area contributed by atoms with E-state index >= 15 is 0 Å². The number of aryl methyl sites for hydroxylation is 2. The third-order valence-electron chi connectivity index (χ3n) is 4.04. The second kappa shape index (κ2) is 8.66. The van der Waals surface area contributed by atoms with Crippen molar-refractivity contribution in [2.75, 3.05) is 18.4 Å². The molecule has 3 N–H and O–H groups in total. The van der Waals surface area contributed by atoms with E-state index in [1.54, 1.807) is 11.3 Å². The molecule has 7 heteroatoms. The maximum absolute atomic E-state index is 12.3. The summed E-state index contributed by atoms with van der Waals surface area (Å²) < 4.78 is 0. The molecule has 0 saturated carbocycles. The molecule has 1 aliphatic rings. The number of nitrogens with one attached hydrogen (secondary N) is 1. The Hall–Kier alpha value is -1.61. The first-order chi connectivity index (χ1) is 11.5. The number of anilines is 1. The van der Waals surface area contributed by atoms with Crippen LogP contribution in [0.2, 0.25) is 0 Å². The average Bonchev–Trinajstić information content (AvgIpc) is 2.99. The Morgan fingerprint density at radius 2 is 2.04 bits per heavy atom. The van der Waals surface area contributed by atoms with Gasteiger partial charge in [-0.3, -0.25) is 4.79 Å². The molecule has 1 aromatic heterocycles. The molecule has 0 spiro atoms. The highest BCUT2D eigenvalue weighted by Gasteiger charge is 2.20. The van der Waals surface area contributed by atoms with Crippen molar-refractivity contribution in [3.8, 4) is 0 Å². The van der Waals surface area contributed by atoms with E-state index in [-0.39, 0.29) is 42.4 Å². The van der Waals surface area contributed by atoms with Crippen LogP contribution in [0, 0.1) is 13.8 Å². The number of carbonyl (C=O) groups excluding carboxylic acids is 1. The van der Waals surface area contributed by atoms with Gasteiger partial charge < -0.3 is 16.0 Å². The zero-order valence-corrected chi connectivity index (χ0v) is 17.6. The van der Waals surface area contributed by atoms with Crippen molar-refractivity contribution in [3.05, 3.63) is 51.2 Å². The number of thiophene rings is 1. The number of hydrogen-bond donors (Lipinski definition) is 2. The van der Waals surface area contributed by atoms with Crippen molar-refractivity contribution >= 4 is 52.9 Å². The summed E-state index contributed by atoms with van der Waals surface area (Å²) in [4.78, 5) is 19.8. The quantitative estimate of drug-likeness (QED) is 0.411. The van der Waals surface area contributed by atoms with Crippen LogP contribution >= 0.6 is 35.3 Å². The standard InChI is InChI=1S/C18H22N4OS.HI/c1-12-7-13(2)9-15(8-12)21-18(19)20-10-17(23)22-5-3-16-14(11-22)4-6-24-16;/h4,6-9H,3,5,10-11H2,1-2H3,(H3,19,20,21);1H. The molecule has 0 fully saturated rings. The minimum atomic E-state index is 0. The molecule has 3 rings (SSSR count). The van der Waals surface area contributed by atoms with Gasteiger partial charge in [0.2, 0.25) is 5.91 Å². The largest absolute Gasteiger partial charge is 0.370 e. The lowest BCUT2D eigenvalue weighted by atomic mass is 10.1. The number of hydrogen-bond acceptors (Lipinski definition) is 3. The van der Waals surface area contributed by atoms with Gasteiger partial charge in [-0.1, -0.05) is 6.07 Å². The summed E-state index contributed by atoms with van der Waals surface area (Å²) in [5.74, 6) is 0.276. The zero-order chi connectivity index (χ0) is 17.1. The molecule has 0 radical (unpaired) electrons. The van der Waals surface area contributed by atoms with Crippen LogP contribution in [0.15, 0.2) is 34.6 Å². The first-order valence-corrected chi connectivity index (χ1v) is 8.87. The molecule has 0 bridgehead atoms. The van der Waals surface area contributed by atoms with E-state index in [0.717, 1.165) is 29.8 Å². The van der Waals surface area contributed by atoms with Crippen LogP contribution in [0.3, 0.4) is 0 Å². The molecule has 1 aromatic carbocycles. The Labute approximate surface area is 169 Å². The summed E-state index contributed by atoms with van der Waals surface area (Å²) in [6.45, 7) is 5.57. The monoisotopic (exact) mass is 470 g/mol. The minimum absolute atomic E-state index is 0. The number of halogens is 1. The van der Waals surface area contributed by atoms with E-state index < -0.39 is 0 Å². The van der Waals surface area contributed by atoms with Gasteiger partial charge in [0.25, 0.3) is 0 Å². The number of rotatable bonds is 3. The molecule has 2 aromatic rings. The van der Waals surface area contributed by atoms with E-state index in [9.17, 15) is 4.79 Å². The molecular weight excluding hydrogens is 447 g/mol. The summed E-state index contributed by atoms with van der Waals surface area (Å²) in [6.07, 6.45) is 0.929. The van der Waals surface area contributed by atoms with Crippen molar-refractivity contribution in [3.63, 3.8) is 0 Å². The predicted octanol–water partition coefficient (Wildman–Crippen LogP) is 3.29. The number of nitrogens with two attached hydrogens (primary N) is 1. The number of carbonyl (C=O) groups is 1. The Morgan fingerprint density at radius 3 is 2.76 bits per heavy atom. The Balaban J connectivity index is 0.00000225. The Bertz CT molecular complexity index is 767. The number of fused-ring (bicyclic) bond motifs is 1. The van der Waals surface area contributed by atoms with Crippen molar-refractivity contribution in [2.45, 2.75) is 26.8 Å². The fourth-order valence-corrected chi connectivity index (χ4v) is 3.84. The molecule has 1 aliphatic heterocycles. The van der Waals surface area contributed by atoms with Gasteiger partial charge in [0.15, 0.2) is 5.96 Å². The van der Waals surface area contributed by atoms with Crippen LogP contribution in [0.25, 0.3) is 0 Å². The molecule has 0 unspecified atom stereocenters. The number of aliphatic imine (C=N–C) groups is 1. The topological polar surface area (TPSA) is 70.7 Å². The van der Waals surface area contributed by atoms with Crippen LogP contribution in [-0.2, 0) is 17.8 Å². The normalized spacial score (nSPS) is 13.8. The van der Waals surface area contributed by atoms with Crippen LogP contribution in [-0.4, -0.2) is 29.9 Å². The van der Waals surface area contributed by atoms with Gasteiger partial charge in [-0.15, -0.1) is 35.3 Å². The van der Waals surface area contributed by atoms with Crippen molar-refractivity contribution in [2.24, 2.45) is 10.7 Å². The highest BCUT2D eigenvalue weighted by atomic mass is 127. The Morgan fingerprint density at radius 1 is 1.32 bits per heavy atom. The lowest BCUT2D eigenvalue weighted by molar-refractivity contribution is -0.130. The van der Waals surface area contributed by atoms with Gasteiger partial charge in [0, 0.05) is 23.7 Å². The van der Waals surface area contributed by atoms with Gasteiger partial charge >= 0.3 is 0 Å². The van der Waals surface area contributed by atoms with Crippen molar-refractivity contribution in [1.29, 1.82) is 0 Å². The third-order valence-corrected chi connectivity index (χ3v) is 5.06. The second-order valence-electron chi connectivity index (χ2n) is 6.14. The molecular formula is C18H23IN4OS. The fraction of sp³-hybridized carbons (Fsp3) is 0.333. The molecule has 0 atom stereocenters. The molecule has 1 amide bonds. The summed E-state index contributed by atoms with van der Waals surface area (Å²) in [6, 6.07) is 8.19. The SMILES string of the molecule is Cc1cc(C)cc(NC(N)=NCC(=O)N2CCc3sccc3C2)c1.I. The maximum Gasteiger partial charge on any atom is 0.244 e. The van der Waals surface area contributed by atoms with E-state index in [2.05, 4.69) is 27.8 Å². The first-order valence-electron chi connectivity index (χ1n) is 7.99. The molecule has 0 aliphatic carbocycles. The molecule has 5 nitrogen and oxygen atoms in total. The van der Waals surface area contributed by atoms with Crippen molar-refractivity contribution < 1.29 is 4.79 Å². The van der Waals surface area contributed by atoms with Gasteiger partial charge in [0.1, 0.15) is 6.54 Å². The predicted molar refractivity (Wildman–Crippen MR) is 115 cm³/mol. The first kappa shape index (κ1) is 19.7. The average molecular weight is 470 g/mol. The lowest BCUT2D eigenvalue weighted by Crippen LogP contribution is -2.37. The van der Waals surface area contributed by atoms with Crippen molar-refractivity contribution in [1.82, 2.24) is 4.90 Å². The molecule has 134 valence electrons. The highest BCUT2D eigenvalue weighted by molar-refractivity contribution is 14.0. The maximum atomic E-state index is 12.3. The number of guanidine groups is 1. The highest BCUT2D eigenvalue weighted by Crippen LogP contribution is 2.23. The van der Waals surface area contributed by atoms with E-state index in [1.165, 1.54) is 10.4 Å². The van der Waals surface area contributed by atoms with Crippen LogP contribution in [0.1, 0.15) is 21.6 Å². The third kappa shape index (κ3) is 5.18. The van der Waals surface area contributed by atoms with Crippen LogP contribution < -0.4 is 11.1 Å². The minimum Gasteiger partial charge on any atom is -0.370 e. The van der Waals surface area contributed by atoms with Gasteiger partial charge in [-0.2, -0.15) is 0 Å². The second-order valence-corrected chi connectivity index (χ2v) is 7.14. The Kier molecular flexibility index (Phi) is 6.83. The van der Waals surface area contributed by atoms with E-state index in [1.807, 2.05) is 30.9 Å². The van der Waals surface area contributed by atoms with Gasteiger partial charge in [-0.05, 0) is 60.5 Å². The lowest BCUT2D eigenvalue weighted by Gasteiger charge is -2.26. The van der Waals surface area contributed by atoms with Gasteiger partial charge in [0.05, 0.1) is 0 Å². The molecule has 25 heavy (non-hydrogen) atoms. The summed E-state index contributed by atoms with van der Waals surface area (Å²) >= 11 is 1.77. The summed E-state index contributed by atoms with van der Waals surface area (Å²) in [5.41, 5.74) is 10.4. The van der Waals surface area contributed by atoms with Crippen LogP contribution in [0.5, 0.6) is 0 Å². The van der Waals surface area contributed by atoms with E-state index in [4.69, 9.17) is 5.73 Å².